The highest BCUT2D eigenvalue weighted by Crippen LogP contribution is 2.16. The van der Waals surface area contributed by atoms with Crippen LogP contribution in [0.3, 0.4) is 0 Å². The lowest BCUT2D eigenvalue weighted by Gasteiger charge is -2.18. The molecule has 2 aromatic rings. The Morgan fingerprint density at radius 2 is 1.50 bits per heavy atom. The number of rotatable bonds is 6. The van der Waals surface area contributed by atoms with Crippen LogP contribution in [0, 0.1) is 5.82 Å². The standard InChI is InChI=1S/C19H21FN4O4/c1-12(21-19(27)22-14-8-4-3-5-9-14)17(25)23-24-18(26)13(2)28-16-11-7-6-10-15(16)20/h3-13H,1-2H3,(H,23,25)(H,24,26)(H2,21,22,27)/t12-,13+/m1/s1. The van der Waals surface area contributed by atoms with Gasteiger partial charge in [0, 0.05) is 5.69 Å². The number of carbonyl (C=O) groups is 3. The van der Waals surface area contributed by atoms with Crippen molar-refractivity contribution in [1.29, 1.82) is 0 Å². The Morgan fingerprint density at radius 1 is 0.893 bits per heavy atom. The fourth-order valence-corrected chi connectivity index (χ4v) is 2.07. The predicted octanol–water partition coefficient (Wildman–Crippen LogP) is 1.95. The Balaban J connectivity index is 1.76. The van der Waals surface area contributed by atoms with Crippen LogP contribution in [0.4, 0.5) is 14.9 Å². The molecule has 0 unspecified atom stereocenters. The number of hydrogen-bond donors (Lipinski definition) is 4. The van der Waals surface area contributed by atoms with Crippen LogP contribution in [-0.4, -0.2) is 30.0 Å². The van der Waals surface area contributed by atoms with E-state index in [0.29, 0.717) is 5.69 Å². The number of nitrogens with one attached hydrogen (secondary N) is 4. The van der Waals surface area contributed by atoms with E-state index >= 15 is 0 Å². The van der Waals surface area contributed by atoms with Crippen LogP contribution in [0.25, 0.3) is 0 Å². The van der Waals surface area contributed by atoms with Crippen LogP contribution in [-0.2, 0) is 9.59 Å². The fourth-order valence-electron chi connectivity index (χ4n) is 2.07. The highest BCUT2D eigenvalue weighted by Gasteiger charge is 2.20. The third kappa shape index (κ3) is 6.27. The summed E-state index contributed by atoms with van der Waals surface area (Å²) in [5.41, 5.74) is 4.92. The minimum Gasteiger partial charge on any atom is -0.478 e. The van der Waals surface area contributed by atoms with Gasteiger partial charge in [-0.15, -0.1) is 0 Å². The summed E-state index contributed by atoms with van der Waals surface area (Å²) in [5.74, 6) is -2.01. The highest BCUT2D eigenvalue weighted by molar-refractivity contribution is 5.94. The molecule has 9 heteroatoms. The van der Waals surface area contributed by atoms with Gasteiger partial charge in [-0.2, -0.15) is 0 Å². The number of para-hydroxylation sites is 2. The van der Waals surface area contributed by atoms with E-state index in [9.17, 15) is 18.8 Å². The lowest BCUT2D eigenvalue weighted by Crippen LogP contribution is -2.53. The average molecular weight is 388 g/mol. The molecule has 2 aromatic carbocycles. The van der Waals surface area contributed by atoms with Gasteiger partial charge in [0.05, 0.1) is 0 Å². The molecule has 0 aromatic heterocycles. The van der Waals surface area contributed by atoms with Crippen LogP contribution >= 0.6 is 0 Å². The summed E-state index contributed by atoms with van der Waals surface area (Å²) in [4.78, 5) is 35.8. The van der Waals surface area contributed by atoms with Gasteiger partial charge in [0.15, 0.2) is 17.7 Å². The molecule has 0 saturated heterocycles. The van der Waals surface area contributed by atoms with Crippen LogP contribution < -0.4 is 26.2 Å². The molecule has 0 fully saturated rings. The van der Waals surface area contributed by atoms with Crippen LogP contribution in [0.1, 0.15) is 13.8 Å². The van der Waals surface area contributed by atoms with Crippen molar-refractivity contribution in [2.24, 2.45) is 0 Å². The third-order valence-electron chi connectivity index (χ3n) is 3.59. The first-order chi connectivity index (χ1) is 13.4. The number of anilines is 1. The number of amides is 4. The molecule has 8 nitrogen and oxygen atoms in total. The summed E-state index contributed by atoms with van der Waals surface area (Å²) in [5, 5.41) is 5.00. The van der Waals surface area contributed by atoms with Crippen molar-refractivity contribution >= 4 is 23.5 Å². The lowest BCUT2D eigenvalue weighted by atomic mass is 10.3. The summed E-state index contributed by atoms with van der Waals surface area (Å²) in [6, 6.07) is 12.9. The van der Waals surface area contributed by atoms with E-state index in [0.717, 1.165) is 0 Å². The number of carbonyl (C=O) groups excluding carboxylic acids is 3. The molecule has 0 spiro atoms. The molecule has 4 N–H and O–H groups in total. The predicted molar refractivity (Wildman–Crippen MR) is 101 cm³/mol. The maximum Gasteiger partial charge on any atom is 0.319 e. The van der Waals surface area contributed by atoms with Gasteiger partial charge >= 0.3 is 6.03 Å². The van der Waals surface area contributed by atoms with Crippen molar-refractivity contribution in [2.75, 3.05) is 5.32 Å². The zero-order valence-electron chi connectivity index (χ0n) is 15.4. The summed E-state index contributed by atoms with van der Waals surface area (Å²) < 4.78 is 18.8. The topological polar surface area (TPSA) is 109 Å². The highest BCUT2D eigenvalue weighted by atomic mass is 19.1. The third-order valence-corrected chi connectivity index (χ3v) is 3.59. The Labute approximate surface area is 161 Å². The second-order valence-corrected chi connectivity index (χ2v) is 5.86. The Morgan fingerprint density at radius 3 is 2.18 bits per heavy atom. The van der Waals surface area contributed by atoms with Crippen molar-refractivity contribution in [2.45, 2.75) is 26.0 Å². The molecule has 148 valence electrons. The fraction of sp³-hybridized carbons (Fsp3) is 0.211. The lowest BCUT2D eigenvalue weighted by molar-refractivity contribution is -0.133. The molecule has 0 saturated carbocycles. The second-order valence-electron chi connectivity index (χ2n) is 5.86. The quantitative estimate of drug-likeness (QED) is 0.567. The van der Waals surface area contributed by atoms with Gasteiger partial charge in [-0.05, 0) is 38.1 Å². The van der Waals surface area contributed by atoms with Crippen LogP contribution in [0.5, 0.6) is 5.75 Å². The second kappa shape index (κ2) is 9.91. The van der Waals surface area contributed by atoms with Gasteiger partial charge in [-0.1, -0.05) is 30.3 Å². The maximum atomic E-state index is 13.5. The zero-order valence-corrected chi connectivity index (χ0v) is 15.4. The molecular weight excluding hydrogens is 367 g/mol. The Hall–Kier alpha value is -3.62. The van der Waals surface area contributed by atoms with Gasteiger partial charge in [-0.25, -0.2) is 9.18 Å². The number of hydrazine groups is 1. The van der Waals surface area contributed by atoms with Crippen molar-refractivity contribution in [1.82, 2.24) is 16.2 Å². The summed E-state index contributed by atoms with van der Waals surface area (Å²) in [6.45, 7) is 2.86. The molecule has 0 aliphatic carbocycles. The average Bonchev–Trinajstić information content (AvgIpc) is 2.68. The normalized spacial score (nSPS) is 12.2. The van der Waals surface area contributed by atoms with Crippen LogP contribution in [0.15, 0.2) is 54.6 Å². The minimum absolute atomic E-state index is 0.0795. The molecule has 4 amide bonds. The van der Waals surface area contributed by atoms with Crippen molar-refractivity contribution in [3.8, 4) is 5.75 Å². The number of urea groups is 1. The Bertz CT molecular complexity index is 832. The van der Waals surface area contributed by atoms with Gasteiger partial charge < -0.3 is 15.4 Å². The first kappa shape index (κ1) is 20.7. The number of ether oxygens (including phenoxy) is 1. The number of hydrogen-bond acceptors (Lipinski definition) is 4. The first-order valence-electron chi connectivity index (χ1n) is 8.50. The summed E-state index contributed by atoms with van der Waals surface area (Å²) in [6.07, 6.45) is -1.05. The molecule has 0 aliphatic heterocycles. The van der Waals surface area contributed by atoms with E-state index in [-0.39, 0.29) is 5.75 Å². The molecule has 0 bridgehead atoms. The minimum atomic E-state index is -1.05. The van der Waals surface area contributed by atoms with E-state index in [1.807, 2.05) is 0 Å². The molecule has 2 rings (SSSR count). The molecule has 2 atom stereocenters. The van der Waals surface area contributed by atoms with E-state index in [2.05, 4.69) is 21.5 Å². The van der Waals surface area contributed by atoms with Gasteiger partial charge in [-0.3, -0.25) is 20.4 Å². The number of halogens is 1. The van der Waals surface area contributed by atoms with Gasteiger partial charge in [0.2, 0.25) is 0 Å². The SMILES string of the molecule is C[C@H](Oc1ccccc1F)C(=O)NNC(=O)[C@@H](C)NC(=O)Nc1ccccc1. The van der Waals surface area contributed by atoms with E-state index < -0.39 is 35.8 Å². The molecule has 0 aliphatic rings. The molecule has 0 radical (unpaired) electrons. The van der Waals surface area contributed by atoms with Gasteiger partial charge in [0.25, 0.3) is 11.8 Å². The van der Waals surface area contributed by atoms with Crippen molar-refractivity contribution < 1.29 is 23.5 Å². The van der Waals surface area contributed by atoms with E-state index in [4.69, 9.17) is 4.74 Å². The summed E-state index contributed by atoms with van der Waals surface area (Å²) >= 11 is 0. The first-order valence-corrected chi connectivity index (χ1v) is 8.50. The number of benzene rings is 2. The van der Waals surface area contributed by atoms with Gasteiger partial charge in [0.1, 0.15) is 6.04 Å². The van der Waals surface area contributed by atoms with Crippen molar-refractivity contribution in [3.63, 3.8) is 0 Å². The smallest absolute Gasteiger partial charge is 0.319 e. The summed E-state index contributed by atoms with van der Waals surface area (Å²) in [7, 11) is 0. The zero-order chi connectivity index (χ0) is 20.5. The maximum absolute atomic E-state index is 13.5. The molecular formula is C19H21FN4O4. The van der Waals surface area contributed by atoms with E-state index in [1.54, 1.807) is 36.4 Å². The van der Waals surface area contributed by atoms with Crippen LogP contribution in [0.2, 0.25) is 0 Å². The molecule has 28 heavy (non-hydrogen) atoms. The van der Waals surface area contributed by atoms with Crippen molar-refractivity contribution in [3.05, 3.63) is 60.4 Å². The molecule has 0 heterocycles. The van der Waals surface area contributed by atoms with E-state index in [1.165, 1.54) is 32.0 Å². The monoisotopic (exact) mass is 388 g/mol. The Kier molecular flexibility index (Phi) is 7.32. The largest absolute Gasteiger partial charge is 0.478 e.